The molecule has 0 bridgehead atoms. The van der Waals surface area contributed by atoms with E-state index in [1.165, 1.54) is 11.6 Å². The Hall–Kier alpha value is -2.01. The molecule has 0 unspecified atom stereocenters. The quantitative estimate of drug-likeness (QED) is 0.797. The third-order valence-electron chi connectivity index (χ3n) is 2.35. The van der Waals surface area contributed by atoms with E-state index in [2.05, 4.69) is 5.10 Å². The first-order chi connectivity index (χ1) is 8.00. The Morgan fingerprint density at radius 1 is 1.41 bits per heavy atom. The van der Waals surface area contributed by atoms with Crippen molar-refractivity contribution in [1.29, 1.82) is 0 Å². The van der Waals surface area contributed by atoms with Gasteiger partial charge in [0.05, 0.1) is 5.69 Å². The predicted molar refractivity (Wildman–Crippen MR) is 67.4 cm³/mol. The minimum absolute atomic E-state index is 0.120. The van der Waals surface area contributed by atoms with Crippen LogP contribution in [0.5, 0.6) is 0 Å². The van der Waals surface area contributed by atoms with Crippen LogP contribution in [0.15, 0.2) is 24.3 Å². The van der Waals surface area contributed by atoms with Crippen LogP contribution in [0.25, 0.3) is 5.69 Å². The minimum Gasteiger partial charge on any atom is -0.383 e. The van der Waals surface area contributed by atoms with Gasteiger partial charge in [-0.3, -0.25) is 4.79 Å². The first-order valence-electron chi connectivity index (χ1n) is 4.91. The number of hydrogen-bond donors (Lipinski definition) is 2. The van der Waals surface area contributed by atoms with Gasteiger partial charge in [0.25, 0.3) is 0 Å². The van der Waals surface area contributed by atoms with Gasteiger partial charge in [-0.1, -0.05) is 17.7 Å². The monoisotopic (exact) mass is 250 g/mol. The molecule has 0 aliphatic carbocycles. The van der Waals surface area contributed by atoms with Gasteiger partial charge in [0.15, 0.2) is 11.6 Å². The number of benzene rings is 1. The number of anilines is 2. The highest BCUT2D eigenvalue weighted by molar-refractivity contribution is 6.30. The second-order valence-corrected chi connectivity index (χ2v) is 4.03. The SMILES string of the molecule is CC(=O)c1c(N)nn(-c2cccc(Cl)c2)c1N. The summed E-state index contributed by atoms with van der Waals surface area (Å²) in [6.07, 6.45) is 0. The van der Waals surface area contributed by atoms with Crippen LogP contribution in [0, 0.1) is 0 Å². The molecule has 0 fully saturated rings. The lowest BCUT2D eigenvalue weighted by Crippen LogP contribution is -2.04. The van der Waals surface area contributed by atoms with E-state index in [-0.39, 0.29) is 23.0 Å². The zero-order valence-corrected chi connectivity index (χ0v) is 9.90. The zero-order valence-electron chi connectivity index (χ0n) is 9.14. The van der Waals surface area contributed by atoms with Crippen LogP contribution in [0.4, 0.5) is 11.6 Å². The van der Waals surface area contributed by atoms with Crippen LogP contribution < -0.4 is 11.5 Å². The average Bonchev–Trinajstić information content (AvgIpc) is 2.54. The molecule has 0 amide bonds. The molecule has 1 aromatic heterocycles. The Kier molecular flexibility index (Phi) is 2.77. The smallest absolute Gasteiger partial charge is 0.167 e. The van der Waals surface area contributed by atoms with E-state index in [1.807, 2.05) is 0 Å². The molecular formula is C11H11ClN4O. The standard InChI is InChI=1S/C11H11ClN4O/c1-6(17)9-10(13)15-16(11(9)14)8-4-2-3-7(12)5-8/h2-5H,14H2,1H3,(H2,13,15). The molecule has 6 heteroatoms. The Balaban J connectivity index is 2.62. The number of nitrogens with zero attached hydrogens (tertiary/aromatic N) is 2. The molecule has 0 aliphatic heterocycles. The minimum atomic E-state index is -0.215. The normalized spacial score (nSPS) is 10.5. The van der Waals surface area contributed by atoms with Gasteiger partial charge in [-0.05, 0) is 25.1 Å². The first-order valence-corrected chi connectivity index (χ1v) is 5.29. The molecular weight excluding hydrogens is 240 g/mol. The number of carbonyl (C=O) groups is 1. The number of hydrogen-bond acceptors (Lipinski definition) is 4. The van der Waals surface area contributed by atoms with Crippen molar-refractivity contribution in [2.24, 2.45) is 0 Å². The predicted octanol–water partition coefficient (Wildman–Crippen LogP) is 1.89. The molecule has 1 aromatic carbocycles. The lowest BCUT2D eigenvalue weighted by atomic mass is 10.2. The number of ketones is 1. The molecule has 88 valence electrons. The highest BCUT2D eigenvalue weighted by Crippen LogP contribution is 2.24. The van der Waals surface area contributed by atoms with Crippen molar-refractivity contribution >= 4 is 29.0 Å². The molecule has 0 atom stereocenters. The highest BCUT2D eigenvalue weighted by atomic mass is 35.5. The molecule has 1 heterocycles. The van der Waals surface area contributed by atoms with E-state index in [0.29, 0.717) is 10.7 Å². The molecule has 17 heavy (non-hydrogen) atoms. The lowest BCUT2D eigenvalue weighted by molar-refractivity contribution is 0.101. The Labute approximate surface area is 103 Å². The molecule has 5 nitrogen and oxygen atoms in total. The average molecular weight is 251 g/mol. The van der Waals surface area contributed by atoms with Gasteiger partial charge in [0.1, 0.15) is 11.4 Å². The van der Waals surface area contributed by atoms with Crippen LogP contribution >= 0.6 is 11.6 Å². The van der Waals surface area contributed by atoms with Crippen LogP contribution in [0.2, 0.25) is 5.02 Å². The van der Waals surface area contributed by atoms with E-state index < -0.39 is 0 Å². The maximum atomic E-state index is 11.4. The first kappa shape index (κ1) is 11.5. The van der Waals surface area contributed by atoms with E-state index in [0.717, 1.165) is 0 Å². The molecule has 4 N–H and O–H groups in total. The second-order valence-electron chi connectivity index (χ2n) is 3.59. The third-order valence-corrected chi connectivity index (χ3v) is 2.59. The van der Waals surface area contributed by atoms with Crippen molar-refractivity contribution in [3.05, 3.63) is 34.9 Å². The largest absolute Gasteiger partial charge is 0.383 e. The molecule has 2 rings (SSSR count). The van der Waals surface area contributed by atoms with Gasteiger partial charge in [0, 0.05) is 5.02 Å². The summed E-state index contributed by atoms with van der Waals surface area (Å²) in [5, 5.41) is 4.59. The molecule has 0 saturated carbocycles. The van der Waals surface area contributed by atoms with Gasteiger partial charge in [-0.2, -0.15) is 0 Å². The van der Waals surface area contributed by atoms with Gasteiger partial charge in [-0.25, -0.2) is 4.68 Å². The van der Waals surface area contributed by atoms with Crippen molar-refractivity contribution in [3.63, 3.8) is 0 Å². The van der Waals surface area contributed by atoms with Crippen LogP contribution in [-0.2, 0) is 0 Å². The Bertz CT molecular complexity index is 591. The number of nitrogen functional groups attached to an aromatic ring is 2. The fourth-order valence-corrected chi connectivity index (χ4v) is 1.80. The fourth-order valence-electron chi connectivity index (χ4n) is 1.61. The summed E-state index contributed by atoms with van der Waals surface area (Å²) in [7, 11) is 0. The van der Waals surface area contributed by atoms with E-state index in [1.54, 1.807) is 24.3 Å². The van der Waals surface area contributed by atoms with Crippen molar-refractivity contribution in [2.75, 3.05) is 11.5 Å². The number of rotatable bonds is 2. The topological polar surface area (TPSA) is 86.9 Å². The van der Waals surface area contributed by atoms with Crippen molar-refractivity contribution in [1.82, 2.24) is 9.78 Å². The Morgan fingerprint density at radius 3 is 2.65 bits per heavy atom. The number of halogens is 1. The fraction of sp³-hybridized carbons (Fsp3) is 0.0909. The summed E-state index contributed by atoms with van der Waals surface area (Å²) in [5.74, 6) is 0.125. The van der Waals surface area contributed by atoms with E-state index in [9.17, 15) is 4.79 Å². The highest BCUT2D eigenvalue weighted by Gasteiger charge is 2.17. The van der Waals surface area contributed by atoms with Crippen molar-refractivity contribution in [2.45, 2.75) is 6.92 Å². The summed E-state index contributed by atoms with van der Waals surface area (Å²) in [6, 6.07) is 6.97. The molecule has 0 spiro atoms. The van der Waals surface area contributed by atoms with Crippen LogP contribution in [-0.4, -0.2) is 15.6 Å². The summed E-state index contributed by atoms with van der Waals surface area (Å²) < 4.78 is 1.40. The number of Topliss-reactive ketones (excluding diaryl/α,β-unsaturated/α-hetero) is 1. The van der Waals surface area contributed by atoms with Crippen LogP contribution in [0.3, 0.4) is 0 Å². The lowest BCUT2D eigenvalue weighted by Gasteiger charge is -2.04. The number of carbonyl (C=O) groups excluding carboxylic acids is 1. The summed E-state index contributed by atoms with van der Waals surface area (Å²) in [6.45, 7) is 1.39. The van der Waals surface area contributed by atoms with Gasteiger partial charge in [-0.15, -0.1) is 5.10 Å². The van der Waals surface area contributed by atoms with Crippen molar-refractivity contribution in [3.8, 4) is 5.69 Å². The summed E-state index contributed by atoms with van der Waals surface area (Å²) >= 11 is 5.88. The van der Waals surface area contributed by atoms with E-state index in [4.69, 9.17) is 23.1 Å². The third kappa shape index (κ3) is 1.97. The summed E-state index contributed by atoms with van der Waals surface area (Å²) in [4.78, 5) is 11.4. The van der Waals surface area contributed by atoms with E-state index >= 15 is 0 Å². The molecule has 0 aliphatic rings. The maximum absolute atomic E-state index is 11.4. The second kappa shape index (κ2) is 4.10. The molecule has 0 radical (unpaired) electrons. The maximum Gasteiger partial charge on any atom is 0.167 e. The zero-order chi connectivity index (χ0) is 12.6. The number of nitrogens with two attached hydrogens (primary N) is 2. The van der Waals surface area contributed by atoms with Gasteiger partial charge < -0.3 is 11.5 Å². The van der Waals surface area contributed by atoms with Crippen LogP contribution in [0.1, 0.15) is 17.3 Å². The molecule has 2 aromatic rings. The van der Waals surface area contributed by atoms with Crippen molar-refractivity contribution < 1.29 is 4.79 Å². The number of aromatic nitrogens is 2. The Morgan fingerprint density at radius 2 is 2.12 bits per heavy atom. The molecule has 0 saturated heterocycles. The van der Waals surface area contributed by atoms with Gasteiger partial charge in [0.2, 0.25) is 0 Å². The van der Waals surface area contributed by atoms with Gasteiger partial charge >= 0.3 is 0 Å². The summed E-state index contributed by atoms with van der Waals surface area (Å²) in [5.41, 5.74) is 12.4.